The zero-order valence-corrected chi connectivity index (χ0v) is 16.5. The molecule has 0 fully saturated rings. The monoisotopic (exact) mass is 368 g/mol. The second-order valence-corrected chi connectivity index (χ2v) is 7.03. The number of pyridine rings is 1. The Balaban J connectivity index is 2.13. The van der Waals surface area contributed by atoms with Gasteiger partial charge in [0.15, 0.2) is 0 Å². The van der Waals surface area contributed by atoms with Gasteiger partial charge in [-0.05, 0) is 39.6 Å². The molecule has 0 aliphatic rings. The van der Waals surface area contributed by atoms with Gasteiger partial charge in [0.05, 0.1) is 11.1 Å². The molecule has 0 aliphatic heterocycles. The van der Waals surface area contributed by atoms with Gasteiger partial charge in [0.2, 0.25) is 0 Å². The smallest absolute Gasteiger partial charge is 0.255 e. The van der Waals surface area contributed by atoms with Crippen LogP contribution in [0.5, 0.6) is 0 Å². The highest BCUT2D eigenvalue weighted by molar-refractivity contribution is 5.99. The fourth-order valence-electron chi connectivity index (χ4n) is 2.61. The molecule has 1 aromatic carbocycles. The van der Waals surface area contributed by atoms with Gasteiger partial charge in [-0.3, -0.25) is 14.6 Å². The molecule has 0 aliphatic carbocycles. The number of amides is 2. The SMILES string of the molecule is CC(C)N(Cc1ccccc1)C(=O)c1cncc(C(=O)NCCN(C)C)c1. The van der Waals surface area contributed by atoms with Gasteiger partial charge < -0.3 is 15.1 Å². The minimum Gasteiger partial charge on any atom is -0.351 e. The second kappa shape index (κ2) is 9.83. The van der Waals surface area contributed by atoms with E-state index in [0.717, 1.165) is 12.1 Å². The summed E-state index contributed by atoms with van der Waals surface area (Å²) in [4.78, 5) is 33.2. The summed E-state index contributed by atoms with van der Waals surface area (Å²) in [7, 11) is 3.89. The number of carbonyl (C=O) groups excluding carboxylic acids is 2. The largest absolute Gasteiger partial charge is 0.351 e. The second-order valence-electron chi connectivity index (χ2n) is 7.03. The molecule has 27 heavy (non-hydrogen) atoms. The van der Waals surface area contributed by atoms with Crippen LogP contribution < -0.4 is 5.32 Å². The number of nitrogens with one attached hydrogen (secondary N) is 1. The molecular formula is C21H28N4O2. The number of benzene rings is 1. The number of carbonyl (C=O) groups is 2. The summed E-state index contributed by atoms with van der Waals surface area (Å²) in [6.07, 6.45) is 3.00. The number of likely N-dealkylation sites (N-methyl/N-ethyl adjacent to an activating group) is 1. The van der Waals surface area contributed by atoms with Crippen LogP contribution in [0.4, 0.5) is 0 Å². The first-order valence-corrected chi connectivity index (χ1v) is 9.11. The van der Waals surface area contributed by atoms with Gasteiger partial charge in [-0.15, -0.1) is 0 Å². The van der Waals surface area contributed by atoms with Crippen molar-refractivity contribution >= 4 is 11.8 Å². The van der Waals surface area contributed by atoms with Crippen molar-refractivity contribution in [3.05, 3.63) is 65.5 Å². The number of aromatic nitrogens is 1. The van der Waals surface area contributed by atoms with Crippen molar-refractivity contribution in [2.24, 2.45) is 0 Å². The average Bonchev–Trinajstić information content (AvgIpc) is 2.66. The van der Waals surface area contributed by atoms with Gasteiger partial charge in [0.25, 0.3) is 11.8 Å². The molecule has 0 saturated carbocycles. The van der Waals surface area contributed by atoms with Crippen molar-refractivity contribution in [3.8, 4) is 0 Å². The Morgan fingerprint density at radius 2 is 1.74 bits per heavy atom. The number of hydrogen-bond donors (Lipinski definition) is 1. The van der Waals surface area contributed by atoms with Crippen molar-refractivity contribution in [2.75, 3.05) is 27.2 Å². The Labute approximate surface area is 161 Å². The third-order valence-electron chi connectivity index (χ3n) is 4.17. The van der Waals surface area contributed by atoms with Crippen molar-refractivity contribution in [1.29, 1.82) is 0 Å². The molecule has 0 saturated heterocycles. The summed E-state index contributed by atoms with van der Waals surface area (Å²) in [5.74, 6) is -0.359. The fourth-order valence-corrected chi connectivity index (χ4v) is 2.61. The van der Waals surface area contributed by atoms with E-state index < -0.39 is 0 Å². The summed E-state index contributed by atoms with van der Waals surface area (Å²) in [6, 6.07) is 11.5. The number of rotatable bonds is 8. The zero-order valence-electron chi connectivity index (χ0n) is 16.5. The summed E-state index contributed by atoms with van der Waals surface area (Å²) < 4.78 is 0. The summed E-state index contributed by atoms with van der Waals surface area (Å²) in [5, 5.41) is 2.84. The van der Waals surface area contributed by atoms with Gasteiger partial charge in [-0.25, -0.2) is 0 Å². The van der Waals surface area contributed by atoms with Crippen LogP contribution in [-0.4, -0.2) is 59.8 Å². The predicted molar refractivity (Wildman–Crippen MR) is 107 cm³/mol. The van der Waals surface area contributed by atoms with E-state index in [4.69, 9.17) is 0 Å². The highest BCUT2D eigenvalue weighted by atomic mass is 16.2. The Morgan fingerprint density at radius 3 is 2.37 bits per heavy atom. The normalized spacial score (nSPS) is 10.9. The molecule has 2 aromatic rings. The van der Waals surface area contributed by atoms with E-state index in [-0.39, 0.29) is 17.9 Å². The summed E-state index contributed by atoms with van der Waals surface area (Å²) >= 11 is 0. The molecule has 0 spiro atoms. The lowest BCUT2D eigenvalue weighted by molar-refractivity contribution is 0.0690. The van der Waals surface area contributed by atoms with Crippen LogP contribution in [0.15, 0.2) is 48.8 Å². The summed E-state index contributed by atoms with van der Waals surface area (Å²) in [5.41, 5.74) is 1.87. The number of hydrogen-bond acceptors (Lipinski definition) is 4. The van der Waals surface area contributed by atoms with Crippen LogP contribution in [0.1, 0.15) is 40.1 Å². The van der Waals surface area contributed by atoms with Crippen LogP contribution in [0.25, 0.3) is 0 Å². The molecular weight excluding hydrogens is 340 g/mol. The Kier molecular flexibility index (Phi) is 7.49. The average molecular weight is 368 g/mol. The van der Waals surface area contributed by atoms with Crippen molar-refractivity contribution in [3.63, 3.8) is 0 Å². The first-order valence-electron chi connectivity index (χ1n) is 9.11. The molecule has 6 nitrogen and oxygen atoms in total. The zero-order chi connectivity index (χ0) is 19.8. The Morgan fingerprint density at radius 1 is 1.07 bits per heavy atom. The third kappa shape index (κ3) is 6.18. The van der Waals surface area contributed by atoms with Crippen LogP contribution in [0.2, 0.25) is 0 Å². The molecule has 0 atom stereocenters. The lowest BCUT2D eigenvalue weighted by Crippen LogP contribution is -2.36. The van der Waals surface area contributed by atoms with E-state index >= 15 is 0 Å². The quantitative estimate of drug-likeness (QED) is 0.777. The summed E-state index contributed by atoms with van der Waals surface area (Å²) in [6.45, 7) is 5.75. The molecule has 0 unspecified atom stereocenters. The van der Waals surface area contributed by atoms with E-state index in [9.17, 15) is 9.59 Å². The lowest BCUT2D eigenvalue weighted by Gasteiger charge is -2.27. The highest BCUT2D eigenvalue weighted by Crippen LogP contribution is 2.14. The van der Waals surface area contributed by atoms with Gasteiger partial charge >= 0.3 is 0 Å². The van der Waals surface area contributed by atoms with Gasteiger partial charge in [0, 0.05) is 38.1 Å². The van der Waals surface area contributed by atoms with E-state index in [1.807, 2.05) is 63.2 Å². The van der Waals surface area contributed by atoms with Crippen LogP contribution in [0.3, 0.4) is 0 Å². The van der Waals surface area contributed by atoms with Gasteiger partial charge in [-0.1, -0.05) is 30.3 Å². The standard InChI is InChI=1S/C21H28N4O2/c1-16(2)25(15-17-8-6-5-7-9-17)21(27)19-12-18(13-22-14-19)20(26)23-10-11-24(3)4/h5-9,12-14,16H,10-11,15H2,1-4H3,(H,23,26). The fraction of sp³-hybridized carbons (Fsp3) is 0.381. The van der Waals surface area contributed by atoms with E-state index in [1.54, 1.807) is 11.0 Å². The minimum absolute atomic E-state index is 0.0234. The van der Waals surface area contributed by atoms with Crippen molar-refractivity contribution in [1.82, 2.24) is 20.1 Å². The van der Waals surface area contributed by atoms with Crippen LogP contribution in [-0.2, 0) is 6.54 Å². The third-order valence-corrected chi connectivity index (χ3v) is 4.17. The maximum absolute atomic E-state index is 13.0. The first-order chi connectivity index (χ1) is 12.9. The van der Waals surface area contributed by atoms with Crippen molar-refractivity contribution < 1.29 is 9.59 Å². The lowest BCUT2D eigenvalue weighted by atomic mass is 10.1. The number of nitrogens with zero attached hydrogens (tertiary/aromatic N) is 3. The maximum Gasteiger partial charge on any atom is 0.255 e. The Hall–Kier alpha value is -2.73. The molecule has 2 amide bonds. The maximum atomic E-state index is 13.0. The van der Waals surface area contributed by atoms with Crippen LogP contribution >= 0.6 is 0 Å². The van der Waals surface area contributed by atoms with E-state index in [2.05, 4.69) is 10.3 Å². The molecule has 0 radical (unpaired) electrons. The van der Waals surface area contributed by atoms with E-state index in [0.29, 0.717) is 24.2 Å². The molecule has 1 aromatic heterocycles. The Bertz CT molecular complexity index is 760. The van der Waals surface area contributed by atoms with Crippen LogP contribution in [0, 0.1) is 0 Å². The molecule has 1 N–H and O–H groups in total. The van der Waals surface area contributed by atoms with Gasteiger partial charge in [-0.2, -0.15) is 0 Å². The molecule has 0 bridgehead atoms. The highest BCUT2D eigenvalue weighted by Gasteiger charge is 2.20. The molecule has 144 valence electrons. The first kappa shape index (κ1) is 20.6. The van der Waals surface area contributed by atoms with E-state index in [1.165, 1.54) is 12.4 Å². The minimum atomic E-state index is -0.224. The molecule has 1 heterocycles. The molecule has 2 rings (SSSR count). The van der Waals surface area contributed by atoms with Crippen molar-refractivity contribution in [2.45, 2.75) is 26.4 Å². The topological polar surface area (TPSA) is 65.5 Å². The van der Waals surface area contributed by atoms with Gasteiger partial charge in [0.1, 0.15) is 0 Å². The predicted octanol–water partition coefficient (Wildman–Crippen LogP) is 2.42. The molecule has 6 heteroatoms.